The molecular weight excluding hydrogens is 971 g/mol. The fourth-order valence-electron chi connectivity index (χ4n) is 9.74. The smallest absolute Gasteiger partial charge is 0.119 e. The zero-order chi connectivity index (χ0) is 55.3. The fraction of sp³-hybridized carbons (Fsp3) is 0.184. The van der Waals surface area contributed by atoms with E-state index in [4.69, 9.17) is 4.74 Å². The Labute approximate surface area is 478 Å². The normalized spacial score (nSPS) is 11.6. The van der Waals surface area contributed by atoms with E-state index in [1.807, 2.05) is 0 Å². The van der Waals surface area contributed by atoms with Crippen LogP contribution in [0.3, 0.4) is 0 Å². The topological polar surface area (TPSA) is 19.0 Å². The zero-order valence-corrected chi connectivity index (χ0v) is 47.5. The van der Waals surface area contributed by atoms with E-state index in [2.05, 4.69) is 316 Å². The molecule has 0 amide bonds. The first kappa shape index (κ1) is 55.9. The van der Waals surface area contributed by atoms with Crippen molar-refractivity contribution >= 4 is 75.5 Å². The summed E-state index contributed by atoms with van der Waals surface area (Å²) in [5, 5.41) is 0. The molecule has 9 rings (SSSR count). The summed E-state index contributed by atoms with van der Waals surface area (Å²) in [6.45, 7) is 11.7. The van der Waals surface area contributed by atoms with Gasteiger partial charge in [-0.1, -0.05) is 197 Å². The van der Waals surface area contributed by atoms with Gasteiger partial charge in [0.15, 0.2) is 0 Å². The van der Waals surface area contributed by atoms with Gasteiger partial charge in [0.1, 0.15) is 5.75 Å². The van der Waals surface area contributed by atoms with Crippen molar-refractivity contribution in [3.63, 3.8) is 0 Å². The molecular formula is C76H77N3O. The maximum absolute atomic E-state index is 6.05. The standard InChI is InChI=1S/C76H77N3O/c1-6-9-16-61-26-42-69(43-27-61)77(67-38-22-59(4)23-39-67)71-46-30-63(31-47-71)18-12-14-20-65-34-50-73(51-35-65)79(75-54-56-76(57-55-75)80-58-11-8-3)74-52-36-66(37-53-74)21-15-13-19-64-32-48-72(49-33-64)78(68-40-24-60(5)25-41-68)70-44-28-62(29-45-70)17-10-7-2/h12-15,18-57H,6-11,16-17,58H2,1-5H3/b18-12+,19-13+,20-14+,21-15+. The van der Waals surface area contributed by atoms with Gasteiger partial charge in [-0.15, -0.1) is 0 Å². The summed E-state index contributed by atoms with van der Waals surface area (Å²) >= 11 is 0. The SMILES string of the molecule is CCCCOc1ccc(N(c2ccc(/C=C/C=C/c3ccc(N(c4ccc(C)cc4)c4ccc(CCCC)cc4)cc3)cc2)c2ccc(/C=C/C=C/c3ccc(N(c4ccc(C)cc4)c4ccc(CCCC)cc4)cc3)cc2)cc1. The molecule has 0 aliphatic rings. The third kappa shape index (κ3) is 15.5. The third-order valence-corrected chi connectivity index (χ3v) is 14.5. The number of anilines is 9. The molecule has 9 aromatic rings. The monoisotopic (exact) mass is 1050 g/mol. The maximum Gasteiger partial charge on any atom is 0.119 e. The van der Waals surface area contributed by atoms with Crippen LogP contribution in [0.15, 0.2) is 243 Å². The van der Waals surface area contributed by atoms with Crippen LogP contribution in [-0.4, -0.2) is 6.61 Å². The quantitative estimate of drug-likeness (QED) is 0.0419. The first-order chi connectivity index (χ1) is 39.3. The Balaban J connectivity index is 0.863. The van der Waals surface area contributed by atoms with Crippen molar-refractivity contribution in [1.29, 1.82) is 0 Å². The number of allylic oxidation sites excluding steroid dienone is 4. The first-order valence-electron chi connectivity index (χ1n) is 28.9. The predicted molar refractivity (Wildman–Crippen MR) is 347 cm³/mol. The Hall–Kier alpha value is -8.86. The highest BCUT2D eigenvalue weighted by Crippen LogP contribution is 2.39. The van der Waals surface area contributed by atoms with Gasteiger partial charge in [-0.2, -0.15) is 0 Å². The zero-order valence-electron chi connectivity index (χ0n) is 47.5. The molecule has 0 fully saturated rings. The Morgan fingerprint density at radius 2 is 0.525 bits per heavy atom. The van der Waals surface area contributed by atoms with Gasteiger partial charge < -0.3 is 19.4 Å². The van der Waals surface area contributed by atoms with Crippen LogP contribution in [0.5, 0.6) is 5.75 Å². The van der Waals surface area contributed by atoms with Crippen molar-refractivity contribution in [2.75, 3.05) is 21.3 Å². The van der Waals surface area contributed by atoms with E-state index in [0.29, 0.717) is 0 Å². The summed E-state index contributed by atoms with van der Waals surface area (Å²) in [7, 11) is 0. The van der Waals surface area contributed by atoms with Crippen LogP contribution in [0.4, 0.5) is 51.2 Å². The lowest BCUT2D eigenvalue weighted by atomic mass is 10.1. The van der Waals surface area contributed by atoms with Crippen molar-refractivity contribution in [2.24, 2.45) is 0 Å². The van der Waals surface area contributed by atoms with Crippen molar-refractivity contribution in [2.45, 2.75) is 86.0 Å². The molecule has 80 heavy (non-hydrogen) atoms. The lowest BCUT2D eigenvalue weighted by molar-refractivity contribution is 0.309. The van der Waals surface area contributed by atoms with Gasteiger partial charge >= 0.3 is 0 Å². The number of hydrogen-bond acceptors (Lipinski definition) is 4. The lowest BCUT2D eigenvalue weighted by Gasteiger charge is -2.26. The average Bonchev–Trinajstić information content (AvgIpc) is 3.51. The molecule has 4 heteroatoms. The molecule has 0 saturated carbocycles. The first-order valence-corrected chi connectivity index (χ1v) is 28.9. The highest BCUT2D eigenvalue weighted by Gasteiger charge is 2.16. The number of ether oxygens (including phenoxy) is 1. The lowest BCUT2D eigenvalue weighted by Crippen LogP contribution is -2.10. The minimum absolute atomic E-state index is 0.719. The largest absolute Gasteiger partial charge is 0.494 e. The summed E-state index contributed by atoms with van der Waals surface area (Å²) in [4.78, 5) is 6.97. The van der Waals surface area contributed by atoms with E-state index in [1.54, 1.807) is 0 Å². The van der Waals surface area contributed by atoms with Crippen LogP contribution in [-0.2, 0) is 12.8 Å². The van der Waals surface area contributed by atoms with Gasteiger partial charge in [0.05, 0.1) is 6.61 Å². The molecule has 0 radical (unpaired) electrons. The van der Waals surface area contributed by atoms with E-state index < -0.39 is 0 Å². The Bertz CT molecular complexity index is 3200. The van der Waals surface area contributed by atoms with Gasteiger partial charge in [0.2, 0.25) is 0 Å². The number of unbranched alkanes of at least 4 members (excludes halogenated alkanes) is 3. The second-order valence-corrected chi connectivity index (χ2v) is 20.7. The van der Waals surface area contributed by atoms with E-state index in [1.165, 1.54) is 47.9 Å². The summed E-state index contributed by atoms with van der Waals surface area (Å²) in [6.07, 6.45) is 26.3. The van der Waals surface area contributed by atoms with Crippen molar-refractivity contribution < 1.29 is 4.74 Å². The van der Waals surface area contributed by atoms with Gasteiger partial charge in [-0.3, -0.25) is 0 Å². The van der Waals surface area contributed by atoms with Gasteiger partial charge in [-0.25, -0.2) is 0 Å². The molecule has 0 aliphatic carbocycles. The average molecular weight is 1050 g/mol. The number of aryl methyl sites for hydroxylation is 4. The number of rotatable bonds is 25. The predicted octanol–water partition coefficient (Wildman–Crippen LogP) is 22.0. The molecule has 0 aromatic heterocycles. The maximum atomic E-state index is 6.05. The second kappa shape index (κ2) is 28.7. The highest BCUT2D eigenvalue weighted by molar-refractivity contribution is 5.81. The van der Waals surface area contributed by atoms with Crippen LogP contribution >= 0.6 is 0 Å². The van der Waals surface area contributed by atoms with E-state index in [9.17, 15) is 0 Å². The summed E-state index contributed by atoms with van der Waals surface area (Å²) in [5.41, 5.74) is 19.9. The van der Waals surface area contributed by atoms with Crippen molar-refractivity contribution in [1.82, 2.24) is 0 Å². The molecule has 0 spiro atoms. The van der Waals surface area contributed by atoms with Crippen LogP contribution in [0.1, 0.15) is 104 Å². The molecule has 0 atom stereocenters. The molecule has 4 nitrogen and oxygen atoms in total. The Morgan fingerprint density at radius 3 is 0.787 bits per heavy atom. The third-order valence-electron chi connectivity index (χ3n) is 14.5. The Morgan fingerprint density at radius 1 is 0.287 bits per heavy atom. The Kier molecular flexibility index (Phi) is 20.0. The van der Waals surface area contributed by atoms with E-state index in [-0.39, 0.29) is 0 Å². The fourth-order valence-corrected chi connectivity index (χ4v) is 9.74. The molecule has 402 valence electrons. The number of benzene rings is 9. The van der Waals surface area contributed by atoms with E-state index >= 15 is 0 Å². The molecule has 0 N–H and O–H groups in total. The summed E-state index contributed by atoms with van der Waals surface area (Å²) in [6, 6.07) is 79.3. The minimum Gasteiger partial charge on any atom is -0.494 e. The molecule has 0 heterocycles. The van der Waals surface area contributed by atoms with Crippen LogP contribution in [0.25, 0.3) is 24.3 Å². The molecule has 0 unspecified atom stereocenters. The molecule has 0 saturated heterocycles. The summed E-state index contributed by atoms with van der Waals surface area (Å²) in [5.74, 6) is 0.885. The highest BCUT2D eigenvalue weighted by atomic mass is 16.5. The van der Waals surface area contributed by atoms with Crippen LogP contribution in [0.2, 0.25) is 0 Å². The van der Waals surface area contributed by atoms with Crippen LogP contribution < -0.4 is 19.4 Å². The van der Waals surface area contributed by atoms with E-state index in [0.717, 1.165) is 111 Å². The van der Waals surface area contributed by atoms with Crippen molar-refractivity contribution in [3.8, 4) is 5.75 Å². The van der Waals surface area contributed by atoms with Gasteiger partial charge in [0, 0.05) is 51.2 Å². The number of nitrogens with zero attached hydrogens (tertiary/aromatic N) is 3. The molecule has 0 bridgehead atoms. The molecule has 9 aromatic carbocycles. The number of hydrogen-bond donors (Lipinski definition) is 0. The minimum atomic E-state index is 0.719. The van der Waals surface area contributed by atoms with Crippen LogP contribution in [0, 0.1) is 13.8 Å². The van der Waals surface area contributed by atoms with Gasteiger partial charge in [-0.05, 0) is 201 Å². The molecule has 0 aliphatic heterocycles. The van der Waals surface area contributed by atoms with Gasteiger partial charge in [0.25, 0.3) is 0 Å². The second-order valence-electron chi connectivity index (χ2n) is 20.7. The summed E-state index contributed by atoms with van der Waals surface area (Å²) < 4.78 is 6.05. The van der Waals surface area contributed by atoms with Crippen molar-refractivity contribution in [3.05, 3.63) is 287 Å².